The summed E-state index contributed by atoms with van der Waals surface area (Å²) in [6.07, 6.45) is 1.17. The molecule has 2 rings (SSSR count). The van der Waals surface area contributed by atoms with Crippen molar-refractivity contribution in [2.45, 2.75) is 26.5 Å². The van der Waals surface area contributed by atoms with Crippen molar-refractivity contribution in [1.82, 2.24) is 5.32 Å². The molecule has 2 aromatic rings. The third kappa shape index (κ3) is 5.81. The number of ether oxygens (including phenoxy) is 2. The van der Waals surface area contributed by atoms with E-state index in [0.29, 0.717) is 0 Å². The van der Waals surface area contributed by atoms with Crippen molar-refractivity contribution in [2.24, 2.45) is 0 Å². The lowest BCUT2D eigenvalue weighted by Gasteiger charge is -2.12. The van der Waals surface area contributed by atoms with Crippen LogP contribution in [0, 0.1) is 21.4 Å². The number of carbonyl (C=O) groups excluding carboxylic acids is 1. The summed E-state index contributed by atoms with van der Waals surface area (Å²) in [7, 11) is 1.40. The van der Waals surface area contributed by atoms with E-state index < -0.39 is 10.8 Å². The van der Waals surface area contributed by atoms with E-state index >= 15 is 0 Å². The molecule has 8 nitrogen and oxygen atoms in total. The molecule has 29 heavy (non-hydrogen) atoms. The monoisotopic (exact) mass is 395 g/mol. The number of hydrogen-bond acceptors (Lipinski definition) is 6. The minimum atomic E-state index is -0.611. The van der Waals surface area contributed by atoms with E-state index in [-0.39, 0.29) is 41.0 Å². The number of nitrogens with one attached hydrogen (secondary N) is 1. The summed E-state index contributed by atoms with van der Waals surface area (Å²) >= 11 is 0. The second-order valence-corrected chi connectivity index (χ2v) is 6.39. The molecule has 0 saturated heterocycles. The first-order valence-electron chi connectivity index (χ1n) is 8.81. The zero-order valence-corrected chi connectivity index (χ0v) is 16.3. The van der Waals surface area contributed by atoms with Gasteiger partial charge in [0.15, 0.2) is 11.5 Å². The summed E-state index contributed by atoms with van der Waals surface area (Å²) < 4.78 is 11.0. The summed E-state index contributed by atoms with van der Waals surface area (Å²) in [6, 6.07) is 13.5. The van der Waals surface area contributed by atoms with Gasteiger partial charge in [-0.1, -0.05) is 30.3 Å². The molecular weight excluding hydrogens is 374 g/mol. The quantitative estimate of drug-likeness (QED) is 0.316. The van der Waals surface area contributed by atoms with E-state index in [4.69, 9.17) is 9.47 Å². The molecular formula is C21H21N3O5. The van der Waals surface area contributed by atoms with E-state index in [1.165, 1.54) is 25.3 Å². The molecule has 0 atom stereocenters. The number of nitriles is 1. The first-order valence-corrected chi connectivity index (χ1v) is 8.81. The van der Waals surface area contributed by atoms with Crippen LogP contribution in [0.4, 0.5) is 5.69 Å². The normalized spacial score (nSPS) is 10.9. The summed E-state index contributed by atoms with van der Waals surface area (Å²) in [6.45, 7) is 3.69. The molecule has 0 saturated carbocycles. The Kier molecular flexibility index (Phi) is 7.32. The molecule has 0 unspecified atom stereocenters. The number of carbonyl (C=O) groups is 1. The minimum absolute atomic E-state index is 0.0642. The predicted molar refractivity (Wildman–Crippen MR) is 107 cm³/mol. The molecule has 150 valence electrons. The molecule has 0 bridgehead atoms. The third-order valence-electron chi connectivity index (χ3n) is 3.83. The first-order chi connectivity index (χ1) is 13.8. The Hall–Kier alpha value is -3.86. The topological polar surface area (TPSA) is 114 Å². The molecule has 1 N–H and O–H groups in total. The van der Waals surface area contributed by atoms with Gasteiger partial charge in [0.05, 0.1) is 23.7 Å². The largest absolute Gasteiger partial charge is 0.493 e. The fourth-order valence-electron chi connectivity index (χ4n) is 2.49. The minimum Gasteiger partial charge on any atom is -0.493 e. The average Bonchev–Trinajstić information content (AvgIpc) is 2.70. The maximum Gasteiger partial charge on any atom is 0.280 e. The molecule has 0 radical (unpaired) electrons. The molecule has 0 aromatic heterocycles. The zero-order valence-electron chi connectivity index (χ0n) is 16.3. The van der Waals surface area contributed by atoms with Crippen LogP contribution in [0.25, 0.3) is 6.08 Å². The van der Waals surface area contributed by atoms with E-state index in [2.05, 4.69) is 5.32 Å². The molecule has 0 heterocycles. The fraction of sp³-hybridized carbons (Fsp3) is 0.238. The van der Waals surface area contributed by atoms with Gasteiger partial charge in [0.25, 0.3) is 11.6 Å². The van der Waals surface area contributed by atoms with Crippen LogP contribution >= 0.6 is 0 Å². The van der Waals surface area contributed by atoms with E-state index in [1.807, 2.05) is 30.3 Å². The number of nitro groups is 1. The van der Waals surface area contributed by atoms with Crippen LogP contribution < -0.4 is 14.8 Å². The summed E-state index contributed by atoms with van der Waals surface area (Å²) in [5, 5.41) is 23.4. The van der Waals surface area contributed by atoms with E-state index in [0.717, 1.165) is 5.56 Å². The lowest BCUT2D eigenvalue weighted by atomic mass is 10.1. The molecule has 1 amide bonds. The fourth-order valence-corrected chi connectivity index (χ4v) is 2.49. The van der Waals surface area contributed by atoms with Crippen LogP contribution in [-0.4, -0.2) is 24.0 Å². The number of rotatable bonds is 8. The Bertz CT molecular complexity index is 962. The molecule has 0 aliphatic rings. The highest BCUT2D eigenvalue weighted by atomic mass is 16.6. The van der Waals surface area contributed by atoms with Crippen molar-refractivity contribution >= 4 is 17.7 Å². The van der Waals surface area contributed by atoms with Crippen LogP contribution in [0.5, 0.6) is 11.5 Å². The second kappa shape index (κ2) is 9.90. The van der Waals surface area contributed by atoms with Crippen molar-refractivity contribution in [3.05, 3.63) is 69.3 Å². The Morgan fingerprint density at radius 2 is 1.97 bits per heavy atom. The SMILES string of the molecule is COc1cc(/C=C(/C#N)C(=O)NC(C)C)c([N+](=O)[O-])cc1OCc1ccccc1. The van der Waals surface area contributed by atoms with Crippen molar-refractivity contribution < 1.29 is 19.2 Å². The lowest BCUT2D eigenvalue weighted by Crippen LogP contribution is -2.30. The van der Waals surface area contributed by atoms with Gasteiger partial charge in [0.2, 0.25) is 0 Å². The third-order valence-corrected chi connectivity index (χ3v) is 3.83. The highest BCUT2D eigenvalue weighted by Gasteiger charge is 2.21. The standard InChI is InChI=1S/C21H21N3O5/c1-14(2)23-21(25)17(12-22)9-16-10-19(28-3)20(11-18(16)24(26)27)29-13-15-7-5-4-6-8-15/h4-11,14H,13H2,1-3H3,(H,23,25)/b17-9-. The molecule has 0 aliphatic heterocycles. The van der Waals surface area contributed by atoms with Crippen LogP contribution in [-0.2, 0) is 11.4 Å². The number of hydrogen-bond donors (Lipinski definition) is 1. The first kappa shape index (κ1) is 21.4. The smallest absolute Gasteiger partial charge is 0.280 e. The van der Waals surface area contributed by atoms with Crippen LogP contribution in [0.15, 0.2) is 48.0 Å². The van der Waals surface area contributed by atoms with E-state index in [9.17, 15) is 20.2 Å². The molecule has 0 fully saturated rings. The van der Waals surface area contributed by atoms with Gasteiger partial charge in [-0.15, -0.1) is 0 Å². The highest BCUT2D eigenvalue weighted by Crippen LogP contribution is 2.36. The van der Waals surface area contributed by atoms with Crippen LogP contribution in [0.2, 0.25) is 0 Å². The zero-order chi connectivity index (χ0) is 21.4. The van der Waals surface area contributed by atoms with Crippen molar-refractivity contribution in [1.29, 1.82) is 5.26 Å². The molecule has 0 aliphatic carbocycles. The predicted octanol–water partition coefficient (Wildman–Crippen LogP) is 3.61. The number of methoxy groups -OCH3 is 1. The highest BCUT2D eigenvalue weighted by molar-refractivity contribution is 6.02. The molecule has 8 heteroatoms. The summed E-state index contributed by atoms with van der Waals surface area (Å²) in [5.74, 6) is -0.176. The van der Waals surface area contributed by atoms with Gasteiger partial charge in [-0.25, -0.2) is 0 Å². The molecule has 0 spiro atoms. The maximum absolute atomic E-state index is 12.1. The summed E-state index contributed by atoms with van der Waals surface area (Å²) in [4.78, 5) is 23.1. The Morgan fingerprint density at radius 3 is 2.52 bits per heavy atom. The van der Waals surface area contributed by atoms with Crippen LogP contribution in [0.3, 0.4) is 0 Å². The lowest BCUT2D eigenvalue weighted by molar-refractivity contribution is -0.385. The molecule has 2 aromatic carbocycles. The number of benzene rings is 2. The number of nitrogens with zero attached hydrogens (tertiary/aromatic N) is 2. The van der Waals surface area contributed by atoms with Crippen LogP contribution in [0.1, 0.15) is 25.0 Å². The van der Waals surface area contributed by atoms with Gasteiger partial charge in [-0.3, -0.25) is 14.9 Å². The average molecular weight is 395 g/mol. The van der Waals surface area contributed by atoms with Gasteiger partial charge >= 0.3 is 0 Å². The van der Waals surface area contributed by atoms with Gasteiger partial charge in [0.1, 0.15) is 18.2 Å². The van der Waals surface area contributed by atoms with E-state index in [1.54, 1.807) is 19.9 Å². The number of nitro benzene ring substituents is 1. The van der Waals surface area contributed by atoms with Gasteiger partial charge in [-0.05, 0) is 31.6 Å². The Morgan fingerprint density at radius 1 is 1.28 bits per heavy atom. The van der Waals surface area contributed by atoms with Gasteiger partial charge in [-0.2, -0.15) is 5.26 Å². The Balaban J connectivity index is 2.43. The Labute approximate surface area is 168 Å². The van der Waals surface area contributed by atoms with Crippen molar-refractivity contribution in [3.8, 4) is 17.6 Å². The summed E-state index contributed by atoms with van der Waals surface area (Å²) in [5.41, 5.74) is 0.397. The van der Waals surface area contributed by atoms with Crippen molar-refractivity contribution in [3.63, 3.8) is 0 Å². The maximum atomic E-state index is 12.1. The van der Waals surface area contributed by atoms with Gasteiger partial charge in [0, 0.05) is 6.04 Å². The van der Waals surface area contributed by atoms with Gasteiger partial charge < -0.3 is 14.8 Å². The second-order valence-electron chi connectivity index (χ2n) is 6.39. The van der Waals surface area contributed by atoms with Crippen molar-refractivity contribution in [2.75, 3.05) is 7.11 Å². The number of amides is 1.